The number of hydrogen-bond donors (Lipinski definition) is 1. The van der Waals surface area contributed by atoms with E-state index in [0.29, 0.717) is 5.69 Å². The molecule has 4 aromatic rings. The van der Waals surface area contributed by atoms with Crippen LogP contribution in [-0.4, -0.2) is 43.8 Å². The first-order valence-electron chi connectivity index (χ1n) is 16.6. The van der Waals surface area contributed by atoms with Crippen molar-refractivity contribution in [3.8, 4) is 0 Å². The van der Waals surface area contributed by atoms with Gasteiger partial charge in [-0.3, -0.25) is 13.9 Å². The van der Waals surface area contributed by atoms with Crippen LogP contribution in [0.5, 0.6) is 0 Å². The highest BCUT2D eigenvalue weighted by Crippen LogP contribution is 2.29. The van der Waals surface area contributed by atoms with Gasteiger partial charge in [0.25, 0.3) is 10.0 Å². The molecule has 1 N–H and O–H groups in total. The van der Waals surface area contributed by atoms with Gasteiger partial charge >= 0.3 is 0 Å². The van der Waals surface area contributed by atoms with E-state index >= 15 is 0 Å². The quantitative estimate of drug-likeness (QED) is 0.162. The van der Waals surface area contributed by atoms with Gasteiger partial charge in [-0.15, -0.1) is 0 Å². The fraction of sp³-hybridized carbons (Fsp3) is 0.333. The highest BCUT2D eigenvalue weighted by molar-refractivity contribution is 9.10. The molecule has 1 atom stereocenters. The Morgan fingerprint density at radius 1 is 0.812 bits per heavy atom. The smallest absolute Gasteiger partial charge is 0.264 e. The van der Waals surface area contributed by atoms with E-state index in [4.69, 9.17) is 0 Å². The lowest BCUT2D eigenvalue weighted by atomic mass is 9.94. The third-order valence-electron chi connectivity index (χ3n) is 8.97. The van der Waals surface area contributed by atoms with Crippen molar-refractivity contribution in [2.24, 2.45) is 0 Å². The summed E-state index contributed by atoms with van der Waals surface area (Å²) in [7, 11) is -4.16. The lowest BCUT2D eigenvalue weighted by Gasteiger charge is -2.35. The molecule has 48 heavy (non-hydrogen) atoms. The number of anilines is 1. The van der Waals surface area contributed by atoms with Gasteiger partial charge in [0.1, 0.15) is 12.6 Å². The molecule has 1 aliphatic carbocycles. The fourth-order valence-corrected chi connectivity index (χ4v) is 8.29. The van der Waals surface area contributed by atoms with Crippen LogP contribution in [0.1, 0.15) is 59.9 Å². The van der Waals surface area contributed by atoms with E-state index in [9.17, 15) is 18.0 Å². The third-order valence-corrected chi connectivity index (χ3v) is 11.2. The van der Waals surface area contributed by atoms with Gasteiger partial charge in [-0.2, -0.15) is 0 Å². The highest BCUT2D eigenvalue weighted by Gasteiger charge is 2.36. The first-order valence-corrected chi connectivity index (χ1v) is 18.8. The summed E-state index contributed by atoms with van der Waals surface area (Å²) in [5.41, 5.74) is 4.79. The number of nitrogens with zero attached hydrogens (tertiary/aromatic N) is 2. The van der Waals surface area contributed by atoms with Crippen LogP contribution < -0.4 is 9.62 Å². The summed E-state index contributed by atoms with van der Waals surface area (Å²) in [6.07, 6.45) is 5.34. The largest absolute Gasteiger partial charge is 0.352 e. The van der Waals surface area contributed by atoms with Gasteiger partial charge in [-0.25, -0.2) is 8.42 Å². The third kappa shape index (κ3) is 8.94. The molecule has 2 amide bonds. The fourth-order valence-electron chi connectivity index (χ4n) is 6.37. The van der Waals surface area contributed by atoms with Crippen molar-refractivity contribution in [1.29, 1.82) is 0 Å². The van der Waals surface area contributed by atoms with Gasteiger partial charge in [0, 0.05) is 23.5 Å². The molecule has 4 aromatic carbocycles. The van der Waals surface area contributed by atoms with Crippen LogP contribution in [0.2, 0.25) is 0 Å². The summed E-state index contributed by atoms with van der Waals surface area (Å²) in [5.74, 6) is -0.695. The van der Waals surface area contributed by atoms with Crippen LogP contribution in [0.25, 0.3) is 0 Å². The number of carbonyl (C=O) groups is 2. The second-order valence-electron chi connectivity index (χ2n) is 12.8. The number of sulfonamides is 1. The molecule has 0 radical (unpaired) electrons. The van der Waals surface area contributed by atoms with E-state index in [1.807, 2.05) is 87.5 Å². The molecule has 1 aliphatic rings. The van der Waals surface area contributed by atoms with Gasteiger partial charge in [-0.05, 0) is 80.6 Å². The van der Waals surface area contributed by atoms with Crippen molar-refractivity contribution < 1.29 is 18.0 Å². The zero-order valence-corrected chi connectivity index (χ0v) is 30.3. The second-order valence-corrected chi connectivity index (χ2v) is 15.6. The van der Waals surface area contributed by atoms with Crippen molar-refractivity contribution in [2.75, 3.05) is 10.8 Å². The number of halogens is 1. The highest BCUT2D eigenvalue weighted by atomic mass is 79.9. The molecule has 7 nitrogen and oxygen atoms in total. The van der Waals surface area contributed by atoms with E-state index in [1.165, 1.54) is 4.31 Å². The predicted molar refractivity (Wildman–Crippen MR) is 195 cm³/mol. The number of aryl methyl sites for hydroxylation is 3. The van der Waals surface area contributed by atoms with Crippen LogP contribution in [0.3, 0.4) is 0 Å². The first kappa shape index (κ1) is 35.4. The van der Waals surface area contributed by atoms with Crippen molar-refractivity contribution in [2.45, 2.75) is 82.8 Å². The summed E-state index contributed by atoms with van der Waals surface area (Å²) in [6.45, 7) is 5.33. The van der Waals surface area contributed by atoms with Crippen molar-refractivity contribution in [1.82, 2.24) is 10.2 Å². The zero-order chi connectivity index (χ0) is 34.3. The normalized spacial score (nSPS) is 14.2. The Balaban J connectivity index is 1.58. The van der Waals surface area contributed by atoms with Gasteiger partial charge in [-0.1, -0.05) is 113 Å². The number of nitrogens with one attached hydrogen (secondary N) is 1. The summed E-state index contributed by atoms with van der Waals surface area (Å²) in [5, 5.41) is 3.26. The number of hydrogen-bond acceptors (Lipinski definition) is 4. The molecule has 0 heterocycles. The molecule has 5 rings (SSSR count). The van der Waals surface area contributed by atoms with Crippen molar-refractivity contribution >= 4 is 43.5 Å². The Hall–Kier alpha value is -3.95. The summed E-state index contributed by atoms with van der Waals surface area (Å²) >= 11 is 3.55. The molecule has 0 spiro atoms. The molecule has 9 heteroatoms. The minimum atomic E-state index is -4.16. The molecule has 0 aliphatic heterocycles. The summed E-state index contributed by atoms with van der Waals surface area (Å²) in [4.78, 5) is 30.7. The van der Waals surface area contributed by atoms with Gasteiger partial charge in [0.05, 0.1) is 10.6 Å². The monoisotopic (exact) mass is 729 g/mol. The molecular weight excluding hydrogens is 686 g/mol. The minimum Gasteiger partial charge on any atom is -0.352 e. The van der Waals surface area contributed by atoms with Crippen LogP contribution in [0.4, 0.5) is 5.69 Å². The Morgan fingerprint density at radius 2 is 1.48 bits per heavy atom. The van der Waals surface area contributed by atoms with Gasteiger partial charge in [0.2, 0.25) is 11.8 Å². The average molecular weight is 731 g/mol. The zero-order valence-electron chi connectivity index (χ0n) is 27.9. The number of carbonyl (C=O) groups excluding carboxylic acids is 2. The Labute approximate surface area is 293 Å². The van der Waals surface area contributed by atoms with E-state index in [0.717, 1.165) is 64.4 Å². The van der Waals surface area contributed by atoms with Crippen molar-refractivity contribution in [3.63, 3.8) is 0 Å². The van der Waals surface area contributed by atoms with Crippen molar-refractivity contribution in [3.05, 3.63) is 129 Å². The maximum Gasteiger partial charge on any atom is 0.264 e. The molecule has 1 saturated carbocycles. The lowest BCUT2D eigenvalue weighted by molar-refractivity contribution is -0.140. The van der Waals surface area contributed by atoms with E-state index in [2.05, 4.69) is 21.2 Å². The minimum absolute atomic E-state index is 0.0426. The Bertz CT molecular complexity index is 1820. The molecule has 252 valence electrons. The van der Waals surface area contributed by atoms with Crippen LogP contribution in [0.15, 0.2) is 106 Å². The number of rotatable bonds is 12. The maximum atomic E-state index is 14.8. The Kier molecular flexibility index (Phi) is 11.8. The van der Waals surface area contributed by atoms with Crippen LogP contribution >= 0.6 is 15.9 Å². The molecule has 0 saturated heterocycles. The average Bonchev–Trinajstić information content (AvgIpc) is 3.06. The lowest BCUT2D eigenvalue weighted by Crippen LogP contribution is -2.55. The number of amides is 2. The molecule has 0 bridgehead atoms. The van der Waals surface area contributed by atoms with Gasteiger partial charge in [0.15, 0.2) is 0 Å². The standard InChI is InChI=1S/C39H44BrN3O4S/c1-28-17-20-35(21-18-28)48(46,47)43(36-22-19-29(2)23-30(36)3)27-38(44)42(26-32-13-10-14-33(40)24-32)37(25-31-11-6-4-7-12-31)39(45)41-34-15-8-5-9-16-34/h4,6-7,10-14,17-24,34,37H,5,8-9,15-16,25-27H2,1-3H3,(H,41,45)/t37-/m1/s1. The van der Waals surface area contributed by atoms with E-state index in [1.54, 1.807) is 35.2 Å². The number of benzene rings is 4. The predicted octanol–water partition coefficient (Wildman–Crippen LogP) is 7.66. The van der Waals surface area contributed by atoms with Crippen LogP contribution in [-0.2, 0) is 32.6 Å². The summed E-state index contributed by atoms with van der Waals surface area (Å²) < 4.78 is 30.8. The van der Waals surface area contributed by atoms with Crippen LogP contribution in [0, 0.1) is 20.8 Å². The van der Waals surface area contributed by atoms with E-state index in [-0.39, 0.29) is 29.8 Å². The maximum absolute atomic E-state index is 14.8. The second kappa shape index (κ2) is 16.0. The molecule has 0 unspecified atom stereocenters. The Morgan fingerprint density at radius 3 is 2.15 bits per heavy atom. The molecule has 1 fully saturated rings. The summed E-state index contributed by atoms with van der Waals surface area (Å²) in [6, 6.07) is 28.6. The van der Waals surface area contributed by atoms with Gasteiger partial charge < -0.3 is 10.2 Å². The molecule has 0 aromatic heterocycles. The SMILES string of the molecule is Cc1ccc(S(=O)(=O)N(CC(=O)N(Cc2cccc(Br)c2)[C@H](Cc2ccccc2)C(=O)NC2CCCCC2)c2ccc(C)cc2C)cc1. The van der Waals surface area contributed by atoms with E-state index < -0.39 is 28.5 Å². The molecular formula is C39H44BrN3O4S. The topological polar surface area (TPSA) is 86.8 Å². The first-order chi connectivity index (χ1) is 23.0.